The van der Waals surface area contributed by atoms with Crippen molar-refractivity contribution < 1.29 is 4.79 Å². The van der Waals surface area contributed by atoms with Gasteiger partial charge in [0.05, 0.1) is 11.3 Å². The Morgan fingerprint density at radius 3 is 2.21 bits per heavy atom. The monoisotopic (exact) mass is 369 g/mol. The first kappa shape index (κ1) is 18.0. The molecule has 0 saturated carbocycles. The normalized spacial score (nSPS) is 15.0. The molecule has 1 amide bonds. The molecule has 0 aromatic heterocycles. The summed E-state index contributed by atoms with van der Waals surface area (Å²) in [5.74, 6) is -0.104. The second-order valence-electron chi connectivity index (χ2n) is 7.54. The zero-order chi connectivity index (χ0) is 19.7. The zero-order valence-electron chi connectivity index (χ0n) is 16.0. The van der Waals surface area contributed by atoms with Gasteiger partial charge in [-0.15, -0.1) is 0 Å². The first-order valence-corrected chi connectivity index (χ1v) is 9.30. The minimum Gasteiger partial charge on any atom is -0.354 e. The third kappa shape index (κ3) is 3.42. The highest BCUT2D eigenvalue weighted by Crippen LogP contribution is 2.37. The molecule has 140 valence electrons. The number of nitrogens with two attached hydrogens (primary N) is 1. The first-order valence-electron chi connectivity index (χ1n) is 9.30. The molecule has 1 heterocycles. The van der Waals surface area contributed by atoms with Crippen LogP contribution in [0.4, 0.5) is 11.4 Å². The molecule has 4 N–H and O–H groups in total. The maximum Gasteiger partial charge on any atom is 0.258 e. The smallest absolute Gasteiger partial charge is 0.258 e. The molecule has 0 atom stereocenters. The van der Waals surface area contributed by atoms with Crippen LogP contribution in [0, 0.1) is 0 Å². The van der Waals surface area contributed by atoms with Gasteiger partial charge in [0.15, 0.2) is 0 Å². The fourth-order valence-electron chi connectivity index (χ4n) is 3.38. The van der Waals surface area contributed by atoms with Crippen molar-refractivity contribution in [2.24, 2.45) is 5.73 Å². The standard InChI is InChI=1S/C24H23N3O/c1-24(2,25)17-12-14-18(15-13-17)26-22(16-8-4-3-5-9-16)21-19-10-6-7-11-20(19)27-23(21)28/h3-15,26H,25H2,1-2H3,(H,27,28)/b22-21-. The lowest BCUT2D eigenvalue weighted by molar-refractivity contribution is -0.110. The van der Waals surface area contributed by atoms with E-state index in [2.05, 4.69) is 10.6 Å². The lowest BCUT2D eigenvalue weighted by atomic mass is 9.95. The average Bonchev–Trinajstić information content (AvgIpc) is 3.02. The Labute approximate surface area is 165 Å². The van der Waals surface area contributed by atoms with Gasteiger partial charge in [-0.05, 0) is 43.2 Å². The molecule has 0 saturated heterocycles. The predicted octanol–water partition coefficient (Wildman–Crippen LogP) is 4.81. The highest BCUT2D eigenvalue weighted by molar-refractivity contribution is 6.37. The Bertz CT molecular complexity index is 1050. The molecular weight excluding hydrogens is 346 g/mol. The highest BCUT2D eigenvalue weighted by Gasteiger charge is 2.28. The van der Waals surface area contributed by atoms with Gasteiger partial charge in [0, 0.05) is 22.5 Å². The van der Waals surface area contributed by atoms with Crippen LogP contribution >= 0.6 is 0 Å². The summed E-state index contributed by atoms with van der Waals surface area (Å²) in [6.45, 7) is 3.96. The summed E-state index contributed by atoms with van der Waals surface area (Å²) in [5.41, 5.74) is 11.8. The van der Waals surface area contributed by atoms with Crippen LogP contribution in [-0.4, -0.2) is 5.91 Å². The minimum absolute atomic E-state index is 0.104. The maximum atomic E-state index is 12.8. The van der Waals surface area contributed by atoms with Crippen LogP contribution < -0.4 is 16.4 Å². The van der Waals surface area contributed by atoms with Crippen molar-refractivity contribution in [2.45, 2.75) is 19.4 Å². The number of hydrogen-bond acceptors (Lipinski definition) is 3. The van der Waals surface area contributed by atoms with E-state index in [0.717, 1.165) is 33.8 Å². The molecule has 0 radical (unpaired) electrons. The minimum atomic E-state index is -0.399. The molecule has 1 aliphatic heterocycles. The summed E-state index contributed by atoms with van der Waals surface area (Å²) in [7, 11) is 0. The molecular formula is C24H23N3O. The van der Waals surface area contributed by atoms with Gasteiger partial charge in [0.25, 0.3) is 5.91 Å². The van der Waals surface area contributed by atoms with Crippen LogP contribution in [0.25, 0.3) is 11.3 Å². The van der Waals surface area contributed by atoms with E-state index in [0.29, 0.717) is 5.57 Å². The largest absolute Gasteiger partial charge is 0.354 e. The Kier molecular flexibility index (Phi) is 4.49. The molecule has 1 aliphatic rings. The Morgan fingerprint density at radius 1 is 0.893 bits per heavy atom. The molecule has 0 unspecified atom stereocenters. The lowest BCUT2D eigenvalue weighted by Gasteiger charge is -2.20. The number of fused-ring (bicyclic) bond motifs is 1. The van der Waals surface area contributed by atoms with E-state index in [9.17, 15) is 4.79 Å². The molecule has 0 spiro atoms. The van der Waals surface area contributed by atoms with E-state index >= 15 is 0 Å². The third-order valence-corrected chi connectivity index (χ3v) is 4.88. The van der Waals surface area contributed by atoms with Crippen molar-refractivity contribution in [2.75, 3.05) is 10.6 Å². The number of benzene rings is 3. The van der Waals surface area contributed by atoms with E-state index in [1.165, 1.54) is 0 Å². The Hall–Kier alpha value is -3.37. The van der Waals surface area contributed by atoms with E-state index in [-0.39, 0.29) is 5.91 Å². The van der Waals surface area contributed by atoms with Gasteiger partial charge in [-0.1, -0.05) is 60.7 Å². The Balaban J connectivity index is 1.81. The molecule has 4 rings (SSSR count). The van der Waals surface area contributed by atoms with Crippen LogP contribution in [0.1, 0.15) is 30.5 Å². The second-order valence-corrected chi connectivity index (χ2v) is 7.54. The summed E-state index contributed by atoms with van der Waals surface area (Å²) in [4.78, 5) is 12.8. The number of rotatable bonds is 4. The molecule has 0 aliphatic carbocycles. The fourth-order valence-corrected chi connectivity index (χ4v) is 3.38. The van der Waals surface area contributed by atoms with Crippen molar-refractivity contribution in [1.82, 2.24) is 0 Å². The van der Waals surface area contributed by atoms with Gasteiger partial charge in [-0.2, -0.15) is 0 Å². The molecule has 4 nitrogen and oxygen atoms in total. The summed E-state index contributed by atoms with van der Waals surface area (Å²) in [5, 5.41) is 6.42. The van der Waals surface area contributed by atoms with Crippen molar-refractivity contribution in [3.8, 4) is 0 Å². The van der Waals surface area contributed by atoms with Crippen LogP contribution in [0.15, 0.2) is 78.9 Å². The fraction of sp³-hybridized carbons (Fsp3) is 0.125. The van der Waals surface area contributed by atoms with E-state index < -0.39 is 5.54 Å². The number of nitrogens with one attached hydrogen (secondary N) is 2. The molecule has 4 heteroatoms. The van der Waals surface area contributed by atoms with Crippen molar-refractivity contribution >= 4 is 28.6 Å². The van der Waals surface area contributed by atoms with Crippen LogP contribution in [0.3, 0.4) is 0 Å². The summed E-state index contributed by atoms with van der Waals surface area (Å²) in [6, 6.07) is 25.7. The van der Waals surface area contributed by atoms with Crippen LogP contribution in [0.2, 0.25) is 0 Å². The predicted molar refractivity (Wildman–Crippen MR) is 116 cm³/mol. The summed E-state index contributed by atoms with van der Waals surface area (Å²) >= 11 is 0. The van der Waals surface area contributed by atoms with E-state index in [4.69, 9.17) is 5.73 Å². The number of hydrogen-bond donors (Lipinski definition) is 3. The number of amides is 1. The van der Waals surface area contributed by atoms with Gasteiger partial charge >= 0.3 is 0 Å². The summed E-state index contributed by atoms with van der Waals surface area (Å²) < 4.78 is 0. The number of carbonyl (C=O) groups excluding carboxylic acids is 1. The van der Waals surface area contributed by atoms with E-state index in [1.807, 2.05) is 92.7 Å². The molecule has 3 aromatic rings. The molecule has 3 aromatic carbocycles. The maximum absolute atomic E-state index is 12.8. The van der Waals surface area contributed by atoms with Gasteiger partial charge in [0.2, 0.25) is 0 Å². The van der Waals surface area contributed by atoms with Crippen molar-refractivity contribution in [3.63, 3.8) is 0 Å². The highest BCUT2D eigenvalue weighted by atomic mass is 16.2. The van der Waals surface area contributed by atoms with E-state index in [1.54, 1.807) is 0 Å². The number of carbonyl (C=O) groups is 1. The topological polar surface area (TPSA) is 67.1 Å². The van der Waals surface area contributed by atoms with Crippen molar-refractivity contribution in [1.29, 1.82) is 0 Å². The van der Waals surface area contributed by atoms with Gasteiger partial charge in [-0.3, -0.25) is 4.79 Å². The molecule has 28 heavy (non-hydrogen) atoms. The zero-order valence-corrected chi connectivity index (χ0v) is 16.0. The quantitative estimate of drug-likeness (QED) is 0.578. The average molecular weight is 369 g/mol. The SMILES string of the molecule is CC(C)(N)c1ccc(N/C(=C2\C(=O)Nc3ccccc32)c2ccccc2)cc1. The second kappa shape index (κ2) is 6.98. The first-order chi connectivity index (χ1) is 13.4. The van der Waals surface area contributed by atoms with Gasteiger partial charge < -0.3 is 16.4 Å². The van der Waals surface area contributed by atoms with Crippen LogP contribution in [-0.2, 0) is 10.3 Å². The van der Waals surface area contributed by atoms with Gasteiger partial charge in [-0.25, -0.2) is 0 Å². The van der Waals surface area contributed by atoms with Crippen molar-refractivity contribution in [3.05, 3.63) is 95.6 Å². The lowest BCUT2D eigenvalue weighted by Crippen LogP contribution is -2.28. The third-order valence-electron chi connectivity index (χ3n) is 4.88. The number of para-hydroxylation sites is 1. The van der Waals surface area contributed by atoms with Gasteiger partial charge in [0.1, 0.15) is 0 Å². The molecule has 0 bridgehead atoms. The molecule has 0 fully saturated rings. The number of anilines is 2. The van der Waals surface area contributed by atoms with Crippen LogP contribution in [0.5, 0.6) is 0 Å². The Morgan fingerprint density at radius 2 is 1.54 bits per heavy atom. The summed E-state index contributed by atoms with van der Waals surface area (Å²) in [6.07, 6.45) is 0.